The lowest BCUT2D eigenvalue weighted by molar-refractivity contribution is -0.174. The van der Waals surface area contributed by atoms with Crippen molar-refractivity contribution < 1.29 is 33.3 Å². The van der Waals surface area contributed by atoms with Crippen molar-refractivity contribution in [3.8, 4) is 6.01 Å². The highest BCUT2D eigenvalue weighted by atomic mass is 16.6. The van der Waals surface area contributed by atoms with Gasteiger partial charge >= 0.3 is 23.9 Å². The third-order valence-electron chi connectivity index (χ3n) is 3.64. The topological polar surface area (TPSA) is 149 Å². The zero-order chi connectivity index (χ0) is 21.7. The molecular weight excluding hydrogens is 388 g/mol. The molecule has 0 bridgehead atoms. The molecule has 29 heavy (non-hydrogen) atoms. The van der Waals surface area contributed by atoms with Gasteiger partial charge in [-0.25, -0.2) is 9.97 Å². The van der Waals surface area contributed by atoms with Gasteiger partial charge in [-0.3, -0.25) is 23.7 Å². The highest BCUT2D eigenvalue weighted by Gasteiger charge is 2.32. The first kappa shape index (κ1) is 21.7. The number of rotatable bonds is 7. The fourth-order valence-corrected chi connectivity index (χ4v) is 2.45. The second-order valence-electron chi connectivity index (χ2n) is 5.91. The van der Waals surface area contributed by atoms with Crippen molar-refractivity contribution in [3.63, 3.8) is 0 Å². The van der Waals surface area contributed by atoms with Crippen LogP contribution in [0.4, 0.5) is 0 Å². The molecule has 0 aliphatic heterocycles. The van der Waals surface area contributed by atoms with Crippen molar-refractivity contribution in [1.29, 1.82) is 0 Å². The minimum Gasteiger partial charge on any atom is -0.468 e. The lowest BCUT2D eigenvalue weighted by Crippen LogP contribution is -2.33. The van der Waals surface area contributed by atoms with E-state index in [4.69, 9.17) is 18.9 Å². The summed E-state index contributed by atoms with van der Waals surface area (Å²) in [6.07, 6.45) is -1.27. The molecule has 0 aromatic carbocycles. The molecule has 0 spiro atoms. The minimum absolute atomic E-state index is 0.00942. The molecule has 0 saturated carbocycles. The van der Waals surface area contributed by atoms with Crippen LogP contribution < -0.4 is 10.3 Å². The molecule has 0 radical (unpaired) electrons. The zero-order valence-corrected chi connectivity index (χ0v) is 16.5. The summed E-state index contributed by atoms with van der Waals surface area (Å²) < 4.78 is 21.4. The summed E-state index contributed by atoms with van der Waals surface area (Å²) in [6.45, 7) is 3.06. The number of hydrogen-bond donors (Lipinski definition) is 0. The van der Waals surface area contributed by atoms with Gasteiger partial charge < -0.3 is 18.9 Å². The second kappa shape index (κ2) is 9.08. The van der Waals surface area contributed by atoms with Crippen molar-refractivity contribution in [2.45, 2.75) is 33.0 Å². The van der Waals surface area contributed by atoms with Gasteiger partial charge in [-0.2, -0.15) is 4.98 Å². The molecule has 0 unspecified atom stereocenters. The molecule has 12 heteroatoms. The van der Waals surface area contributed by atoms with Gasteiger partial charge in [-0.05, 0) is 0 Å². The Kier molecular flexibility index (Phi) is 6.80. The highest BCUT2D eigenvalue weighted by molar-refractivity contribution is 5.70. The van der Waals surface area contributed by atoms with Crippen molar-refractivity contribution in [1.82, 2.24) is 19.5 Å². The lowest BCUT2D eigenvalue weighted by atomic mass is 10.1. The Morgan fingerprint density at radius 1 is 1.07 bits per heavy atom. The van der Waals surface area contributed by atoms with Gasteiger partial charge in [0.1, 0.15) is 12.3 Å². The van der Waals surface area contributed by atoms with Gasteiger partial charge in [-0.15, -0.1) is 0 Å². The van der Waals surface area contributed by atoms with E-state index in [1.165, 1.54) is 27.3 Å². The average molecular weight is 408 g/mol. The van der Waals surface area contributed by atoms with E-state index in [1.807, 2.05) is 0 Å². The quantitative estimate of drug-likeness (QED) is 0.444. The number of aromatic nitrogens is 4. The first-order valence-electron chi connectivity index (χ1n) is 8.39. The van der Waals surface area contributed by atoms with Gasteiger partial charge in [0, 0.05) is 27.8 Å². The molecule has 2 rings (SSSR count). The zero-order valence-electron chi connectivity index (χ0n) is 16.5. The molecule has 0 fully saturated rings. The average Bonchev–Trinajstić information content (AvgIpc) is 2.65. The molecule has 156 valence electrons. The summed E-state index contributed by atoms with van der Waals surface area (Å²) in [6, 6.07) is 0.0359. The van der Waals surface area contributed by atoms with Crippen molar-refractivity contribution in [3.05, 3.63) is 22.2 Å². The Morgan fingerprint density at radius 3 is 2.28 bits per heavy atom. The summed E-state index contributed by atoms with van der Waals surface area (Å²) in [5, 5.41) is 0. The summed E-state index contributed by atoms with van der Waals surface area (Å²) in [4.78, 5) is 59.2. The number of carbonyl (C=O) groups is 3. The van der Waals surface area contributed by atoms with Crippen LogP contribution in [0.1, 0.15) is 32.6 Å². The number of hydrogen-bond acceptors (Lipinski definition) is 11. The summed E-state index contributed by atoms with van der Waals surface area (Å²) >= 11 is 0. The van der Waals surface area contributed by atoms with Crippen molar-refractivity contribution in [2.24, 2.45) is 7.05 Å². The van der Waals surface area contributed by atoms with Crippen LogP contribution in [0.2, 0.25) is 0 Å². The van der Waals surface area contributed by atoms with E-state index in [2.05, 4.69) is 15.0 Å². The van der Waals surface area contributed by atoms with Gasteiger partial charge in [0.25, 0.3) is 5.56 Å². The highest BCUT2D eigenvalue weighted by Crippen LogP contribution is 2.24. The molecule has 0 aliphatic carbocycles. The van der Waals surface area contributed by atoms with Crippen LogP contribution in [0.15, 0.2) is 11.0 Å². The number of carbonyl (C=O) groups excluding carboxylic acids is 3. The van der Waals surface area contributed by atoms with E-state index < -0.39 is 42.3 Å². The smallest absolute Gasteiger partial charge is 0.303 e. The van der Waals surface area contributed by atoms with Crippen LogP contribution in [-0.4, -0.2) is 57.2 Å². The monoisotopic (exact) mass is 408 g/mol. The molecule has 0 amide bonds. The van der Waals surface area contributed by atoms with Gasteiger partial charge in [0.2, 0.25) is 0 Å². The Labute approximate surface area is 164 Å². The maximum atomic E-state index is 12.5. The summed E-state index contributed by atoms with van der Waals surface area (Å²) in [7, 11) is 2.79. The SMILES string of the molecule is COc1nc2ncc([C@@H](OC(C)=O)[C@H](COC(C)=O)OC(C)=O)nc2c(=O)n1C. The largest absolute Gasteiger partial charge is 0.468 e. The van der Waals surface area contributed by atoms with Gasteiger partial charge in [0.15, 0.2) is 23.4 Å². The third-order valence-corrected chi connectivity index (χ3v) is 3.64. The van der Waals surface area contributed by atoms with E-state index in [-0.39, 0.29) is 22.9 Å². The molecular formula is C17H20N4O8. The van der Waals surface area contributed by atoms with E-state index in [0.29, 0.717) is 0 Å². The Bertz CT molecular complexity index is 1000. The molecule has 2 aromatic rings. The predicted molar refractivity (Wildman–Crippen MR) is 95.8 cm³/mol. The fourth-order valence-electron chi connectivity index (χ4n) is 2.45. The maximum Gasteiger partial charge on any atom is 0.303 e. The Balaban J connectivity index is 2.57. The van der Waals surface area contributed by atoms with Crippen LogP contribution >= 0.6 is 0 Å². The van der Waals surface area contributed by atoms with Crippen molar-refractivity contribution >= 4 is 29.1 Å². The van der Waals surface area contributed by atoms with Crippen LogP contribution in [0.3, 0.4) is 0 Å². The van der Waals surface area contributed by atoms with Crippen LogP contribution in [-0.2, 0) is 35.6 Å². The maximum absolute atomic E-state index is 12.5. The van der Waals surface area contributed by atoms with E-state index in [0.717, 1.165) is 18.4 Å². The number of nitrogens with zero attached hydrogens (tertiary/aromatic N) is 4. The molecule has 0 N–H and O–H groups in total. The summed E-state index contributed by atoms with van der Waals surface area (Å²) in [5.74, 6) is -2.04. The molecule has 0 aliphatic rings. The van der Waals surface area contributed by atoms with Gasteiger partial charge in [0.05, 0.1) is 13.3 Å². The fraction of sp³-hybridized carbons (Fsp3) is 0.471. The minimum atomic E-state index is -1.28. The number of methoxy groups -OCH3 is 1. The first-order chi connectivity index (χ1) is 13.6. The van der Waals surface area contributed by atoms with Crippen molar-refractivity contribution in [2.75, 3.05) is 13.7 Å². The molecule has 12 nitrogen and oxygen atoms in total. The van der Waals surface area contributed by atoms with Crippen LogP contribution in [0.5, 0.6) is 6.01 Å². The molecule has 0 saturated heterocycles. The third kappa shape index (κ3) is 5.24. The summed E-state index contributed by atoms with van der Waals surface area (Å²) in [5.41, 5.74) is -0.640. The van der Waals surface area contributed by atoms with Crippen LogP contribution in [0, 0.1) is 0 Å². The normalized spacial score (nSPS) is 12.7. The number of ether oxygens (including phenoxy) is 4. The number of esters is 3. The predicted octanol–water partition coefficient (Wildman–Crippen LogP) is -0.169. The molecule has 2 aromatic heterocycles. The van der Waals surface area contributed by atoms with E-state index >= 15 is 0 Å². The molecule has 2 heterocycles. The second-order valence-corrected chi connectivity index (χ2v) is 5.91. The van der Waals surface area contributed by atoms with E-state index in [9.17, 15) is 19.2 Å². The molecule has 2 atom stereocenters. The Morgan fingerprint density at radius 2 is 1.72 bits per heavy atom. The van der Waals surface area contributed by atoms with E-state index in [1.54, 1.807) is 0 Å². The van der Waals surface area contributed by atoms with Crippen LogP contribution in [0.25, 0.3) is 11.2 Å². The lowest BCUT2D eigenvalue weighted by Gasteiger charge is -2.25. The first-order valence-corrected chi connectivity index (χ1v) is 8.39. The van der Waals surface area contributed by atoms with Gasteiger partial charge in [-0.1, -0.05) is 0 Å². The Hall–Kier alpha value is -3.57. The standard InChI is InChI=1S/C17H20N4O8/c1-8(22)27-7-12(28-9(2)23)14(29-10(3)24)11-6-18-15-13(19-11)16(25)21(4)17(20-15)26-5/h6,12,14H,7H2,1-5H3/t12-,14+/m0/s1. The number of fused-ring (bicyclic) bond motifs is 1.